The van der Waals surface area contributed by atoms with Crippen LogP contribution in [0.25, 0.3) is 0 Å². The first-order valence-electron chi connectivity index (χ1n) is 29.2. The van der Waals surface area contributed by atoms with Gasteiger partial charge in [-0.15, -0.1) is 0 Å². The molecule has 14 rings (SSSR count). The molecular formula is C64H82N4O7. The number of carbonyl (C=O) groups is 1. The largest absolute Gasteiger partial charge is 0.348 e. The topological polar surface area (TPSA) is 108 Å². The summed E-state index contributed by atoms with van der Waals surface area (Å²) >= 11 is 0. The van der Waals surface area contributed by atoms with Crippen LogP contribution in [0.1, 0.15) is 148 Å². The van der Waals surface area contributed by atoms with Crippen molar-refractivity contribution < 1.29 is 33.2 Å². The molecule has 0 radical (unpaired) electrons. The molecule has 5 heterocycles. The maximum absolute atomic E-state index is 13.1. The zero-order valence-electron chi connectivity index (χ0n) is 45.0. The number of carbonyl (C=O) groups excluding carboxylic acids is 1. The van der Waals surface area contributed by atoms with Crippen molar-refractivity contribution in [1.29, 1.82) is 0 Å². The number of ether oxygens (including phenoxy) is 6. The Morgan fingerprint density at radius 1 is 0.493 bits per heavy atom. The molecular weight excluding hydrogens is 937 g/mol. The summed E-state index contributed by atoms with van der Waals surface area (Å²) in [5.74, 6) is 0.964. The van der Waals surface area contributed by atoms with Gasteiger partial charge in [-0.1, -0.05) is 97.4 Å². The molecule has 5 aromatic rings. The first-order chi connectivity index (χ1) is 36.6. The normalized spacial score (nSPS) is 31.0. The van der Waals surface area contributed by atoms with E-state index in [9.17, 15) is 4.79 Å². The SMILES string of the molecule is Cn1cc2c(n1)[C@]1(Cc3ccccc3)CCC3(C[C@@H]1CCC2)OCCO3.Cn1ncc2c1[C@]1(Cc3ccccc3)CCC3(C[C@@H]1CCC2)OCCO3.O=C1CCCC[C@H]2CC3(CC[C@@]12Cc1ccccc1)OCCO3. The van der Waals surface area contributed by atoms with E-state index in [1.165, 1.54) is 64.9 Å². The highest BCUT2D eigenvalue weighted by Crippen LogP contribution is 2.58. The van der Waals surface area contributed by atoms with Crippen LogP contribution in [0, 0.1) is 23.2 Å². The fraction of sp³-hybridized carbons (Fsp3) is 0.609. The predicted molar refractivity (Wildman–Crippen MR) is 288 cm³/mol. The van der Waals surface area contributed by atoms with E-state index in [0.717, 1.165) is 142 Å². The van der Waals surface area contributed by atoms with Gasteiger partial charge in [0.2, 0.25) is 0 Å². The first-order valence-corrected chi connectivity index (χ1v) is 29.2. The molecule has 6 aliphatic carbocycles. The highest BCUT2D eigenvalue weighted by atomic mass is 16.7. The summed E-state index contributed by atoms with van der Waals surface area (Å²) in [4.78, 5) is 13.1. The molecule has 2 aromatic heterocycles. The van der Waals surface area contributed by atoms with Gasteiger partial charge in [0, 0.05) is 87.2 Å². The number of nitrogens with zero attached hydrogens (tertiary/aromatic N) is 4. The van der Waals surface area contributed by atoms with Crippen LogP contribution in [0.4, 0.5) is 0 Å². The quantitative estimate of drug-likeness (QED) is 0.164. The van der Waals surface area contributed by atoms with E-state index in [0.29, 0.717) is 36.8 Å². The van der Waals surface area contributed by atoms with E-state index >= 15 is 0 Å². The molecule has 9 aliphatic rings. The fourth-order valence-corrected chi connectivity index (χ4v) is 16.6. The Kier molecular flexibility index (Phi) is 14.6. The van der Waals surface area contributed by atoms with Gasteiger partial charge in [-0.05, 0) is 135 Å². The number of aromatic nitrogens is 4. The van der Waals surface area contributed by atoms with Crippen molar-refractivity contribution in [2.75, 3.05) is 39.6 Å². The van der Waals surface area contributed by atoms with Crippen LogP contribution in [0.15, 0.2) is 103 Å². The second-order valence-corrected chi connectivity index (χ2v) is 24.3. The maximum atomic E-state index is 13.1. The van der Waals surface area contributed by atoms with E-state index < -0.39 is 5.79 Å². The van der Waals surface area contributed by atoms with E-state index in [2.05, 4.69) is 121 Å². The monoisotopic (exact) mass is 1020 g/mol. The van der Waals surface area contributed by atoms with E-state index in [-0.39, 0.29) is 27.8 Å². The summed E-state index contributed by atoms with van der Waals surface area (Å²) in [6.07, 6.45) is 27.6. The summed E-state index contributed by atoms with van der Waals surface area (Å²) in [6, 6.07) is 32.5. The third-order valence-corrected chi connectivity index (χ3v) is 20.0. The Morgan fingerprint density at radius 3 is 1.45 bits per heavy atom. The zero-order chi connectivity index (χ0) is 51.0. The number of ketones is 1. The Bertz CT molecular complexity index is 2700. The lowest BCUT2D eigenvalue weighted by molar-refractivity contribution is -0.207. The van der Waals surface area contributed by atoms with Crippen LogP contribution in [0.2, 0.25) is 0 Å². The molecule has 0 unspecified atom stereocenters. The third-order valence-electron chi connectivity index (χ3n) is 20.0. The molecule has 3 spiro atoms. The summed E-state index contributed by atoms with van der Waals surface area (Å²) in [7, 11) is 4.19. The first kappa shape index (κ1) is 51.3. The van der Waals surface area contributed by atoms with Gasteiger partial charge >= 0.3 is 0 Å². The van der Waals surface area contributed by atoms with Crippen molar-refractivity contribution in [2.45, 2.75) is 169 Å². The lowest BCUT2D eigenvalue weighted by Crippen LogP contribution is -2.50. The molecule has 75 heavy (non-hydrogen) atoms. The smallest absolute Gasteiger partial charge is 0.168 e. The second kappa shape index (κ2) is 21.4. The summed E-state index contributed by atoms with van der Waals surface area (Å²) < 4.78 is 40.6. The Morgan fingerprint density at radius 2 is 0.920 bits per heavy atom. The molecule has 11 nitrogen and oxygen atoms in total. The van der Waals surface area contributed by atoms with Gasteiger partial charge in [0.25, 0.3) is 0 Å². The molecule has 0 amide bonds. The van der Waals surface area contributed by atoms with Gasteiger partial charge in [0.15, 0.2) is 17.4 Å². The van der Waals surface area contributed by atoms with Crippen molar-refractivity contribution in [3.8, 4) is 0 Å². The molecule has 400 valence electrons. The Balaban J connectivity index is 0.000000114. The maximum Gasteiger partial charge on any atom is 0.168 e. The summed E-state index contributed by atoms with van der Waals surface area (Å²) in [5.41, 5.74) is 9.90. The van der Waals surface area contributed by atoms with Gasteiger partial charge in [-0.2, -0.15) is 10.2 Å². The number of hydrogen-bond acceptors (Lipinski definition) is 9. The van der Waals surface area contributed by atoms with Crippen LogP contribution in [0.3, 0.4) is 0 Å². The highest BCUT2D eigenvalue weighted by molar-refractivity contribution is 5.86. The zero-order valence-corrected chi connectivity index (χ0v) is 45.0. The number of aryl methyl sites for hydroxylation is 4. The van der Waals surface area contributed by atoms with Gasteiger partial charge in [-0.25, -0.2) is 0 Å². The van der Waals surface area contributed by atoms with E-state index in [1.807, 2.05) is 10.7 Å². The molecule has 4 saturated carbocycles. The number of rotatable bonds is 6. The van der Waals surface area contributed by atoms with Crippen molar-refractivity contribution in [1.82, 2.24) is 19.6 Å². The van der Waals surface area contributed by atoms with E-state index in [4.69, 9.17) is 33.5 Å². The standard InChI is InChI=1S/2C22H28N2O2.C20H26O3/c1-24-16-18-8-5-9-19-15-22(25-12-13-26-22)11-10-21(19,20(18)23-24)14-17-6-3-2-4-7-17;1-24-20-18(16-23-24)8-5-9-19-15-22(25-12-13-26-22)11-10-21(19,20)14-17-6-3-2-4-7-17;21-18-9-5-4-8-17-15-20(22-12-13-23-20)11-10-19(17,18)14-16-6-2-1-3-7-16/h2*2-4,6-7,16,19H,5,8-15H2,1H3;1-3,6-7,17H,4-5,8-15H2/t2*19-,21-;17-,19-/m000/s1. The molecule has 3 saturated heterocycles. The van der Waals surface area contributed by atoms with Crippen LogP contribution < -0.4 is 0 Å². The van der Waals surface area contributed by atoms with Crippen molar-refractivity contribution in [3.63, 3.8) is 0 Å². The molecule has 3 aromatic carbocycles. The van der Waals surface area contributed by atoms with Crippen LogP contribution in [-0.4, -0.2) is 82.3 Å². The second-order valence-electron chi connectivity index (χ2n) is 24.3. The van der Waals surface area contributed by atoms with Crippen molar-refractivity contribution in [2.24, 2.45) is 37.3 Å². The molecule has 3 aliphatic heterocycles. The van der Waals surface area contributed by atoms with Gasteiger partial charge in [0.05, 0.1) is 51.5 Å². The van der Waals surface area contributed by atoms with Crippen LogP contribution in [0.5, 0.6) is 0 Å². The van der Waals surface area contributed by atoms with Gasteiger partial charge in [-0.3, -0.25) is 14.2 Å². The number of benzene rings is 3. The fourth-order valence-electron chi connectivity index (χ4n) is 16.6. The minimum Gasteiger partial charge on any atom is -0.348 e. The Labute approximate surface area is 445 Å². The number of hydrogen-bond donors (Lipinski definition) is 0. The predicted octanol–water partition coefficient (Wildman–Crippen LogP) is 11.5. The molecule has 6 atom stereocenters. The van der Waals surface area contributed by atoms with Crippen LogP contribution >= 0.6 is 0 Å². The van der Waals surface area contributed by atoms with E-state index in [1.54, 1.807) is 0 Å². The molecule has 11 heteroatoms. The third kappa shape index (κ3) is 10.1. The van der Waals surface area contributed by atoms with Gasteiger partial charge in [0.1, 0.15) is 5.78 Å². The highest BCUT2D eigenvalue weighted by Gasteiger charge is 2.58. The molecule has 0 bridgehead atoms. The van der Waals surface area contributed by atoms with Crippen LogP contribution in [-0.2, 0) is 90.2 Å². The molecule has 7 fully saturated rings. The number of Topliss-reactive ketones (excluding diaryl/α,β-unsaturated/α-hetero) is 1. The average Bonchev–Trinajstić information content (AvgIpc) is 4.28. The minimum atomic E-state index is -0.393. The molecule has 0 N–H and O–H groups in total. The van der Waals surface area contributed by atoms with Gasteiger partial charge < -0.3 is 28.4 Å². The summed E-state index contributed by atoms with van der Waals surface area (Å²) in [6.45, 7) is 4.38. The van der Waals surface area contributed by atoms with Crippen molar-refractivity contribution >= 4 is 5.78 Å². The lowest BCUT2D eigenvalue weighted by Gasteiger charge is -2.49. The summed E-state index contributed by atoms with van der Waals surface area (Å²) in [5, 5.41) is 9.67. The lowest BCUT2D eigenvalue weighted by atomic mass is 9.59. The van der Waals surface area contributed by atoms with Crippen molar-refractivity contribution in [3.05, 3.63) is 143 Å². The average molecular weight is 1020 g/mol. The minimum absolute atomic E-state index is 0.106. The Hall–Kier alpha value is -4.49. The number of fused-ring (bicyclic) bond motifs is 7.